The molecule has 0 atom stereocenters. The summed E-state index contributed by atoms with van der Waals surface area (Å²) in [6.07, 6.45) is 6.08. The number of likely N-dealkylation sites (N-methyl/N-ethyl adjacent to an activating group) is 1. The third-order valence-corrected chi connectivity index (χ3v) is 3.47. The minimum atomic E-state index is 0.926. The molecule has 2 aromatic carbocycles. The number of benzene rings is 2. The Balaban J connectivity index is 1.58. The molecule has 0 saturated carbocycles. The van der Waals surface area contributed by atoms with Gasteiger partial charge in [-0.25, -0.2) is 4.98 Å². The van der Waals surface area contributed by atoms with Gasteiger partial charge in [0.25, 0.3) is 0 Å². The first-order valence-electron chi connectivity index (χ1n) is 7.13. The van der Waals surface area contributed by atoms with Gasteiger partial charge in [-0.3, -0.25) is 4.90 Å². The number of aromatic amines is 1. The molecule has 21 heavy (non-hydrogen) atoms. The maximum absolute atomic E-state index is 4.23. The van der Waals surface area contributed by atoms with Crippen molar-refractivity contribution in [2.24, 2.45) is 0 Å². The second-order valence-corrected chi connectivity index (χ2v) is 5.26. The Kier molecular flexibility index (Phi) is 4.12. The van der Waals surface area contributed by atoms with Crippen molar-refractivity contribution < 1.29 is 0 Å². The summed E-state index contributed by atoms with van der Waals surface area (Å²) in [6.45, 7) is 1.89. The number of hydrogen-bond donors (Lipinski definition) is 1. The highest BCUT2D eigenvalue weighted by Crippen LogP contribution is 2.12. The van der Waals surface area contributed by atoms with Gasteiger partial charge in [0.05, 0.1) is 17.4 Å². The van der Waals surface area contributed by atoms with Gasteiger partial charge in [0.1, 0.15) is 0 Å². The zero-order valence-corrected chi connectivity index (χ0v) is 12.2. The third-order valence-electron chi connectivity index (χ3n) is 3.47. The van der Waals surface area contributed by atoms with Crippen LogP contribution in [0.4, 0.5) is 0 Å². The third kappa shape index (κ3) is 3.58. The highest BCUT2D eigenvalue weighted by molar-refractivity contribution is 5.77. The summed E-state index contributed by atoms with van der Waals surface area (Å²) in [6, 6.07) is 16.8. The monoisotopic (exact) mass is 277 g/mol. The van der Waals surface area contributed by atoms with Gasteiger partial charge in [-0.2, -0.15) is 0 Å². The predicted octanol–water partition coefficient (Wildman–Crippen LogP) is 3.71. The van der Waals surface area contributed by atoms with Crippen LogP contribution in [0.3, 0.4) is 0 Å². The molecule has 1 heterocycles. The van der Waals surface area contributed by atoms with Gasteiger partial charge in [-0.05, 0) is 30.3 Å². The average molecular weight is 277 g/mol. The molecule has 1 aromatic heterocycles. The number of nitrogens with zero attached hydrogens (tertiary/aromatic N) is 2. The van der Waals surface area contributed by atoms with Crippen molar-refractivity contribution in [3.8, 4) is 0 Å². The van der Waals surface area contributed by atoms with Crippen molar-refractivity contribution >= 4 is 17.1 Å². The number of H-pyrrole nitrogens is 1. The van der Waals surface area contributed by atoms with Crippen LogP contribution in [0, 0.1) is 0 Å². The van der Waals surface area contributed by atoms with E-state index in [2.05, 4.69) is 76.5 Å². The maximum Gasteiger partial charge on any atom is 0.0931 e. The van der Waals surface area contributed by atoms with Gasteiger partial charge >= 0.3 is 0 Å². The molecule has 3 rings (SSSR count). The molecule has 0 aliphatic rings. The van der Waals surface area contributed by atoms with Crippen LogP contribution >= 0.6 is 0 Å². The number of hydrogen-bond acceptors (Lipinski definition) is 2. The molecule has 0 aliphatic carbocycles. The largest absolute Gasteiger partial charge is 0.345 e. The van der Waals surface area contributed by atoms with Crippen LogP contribution in [0.5, 0.6) is 0 Å². The molecular weight excluding hydrogens is 258 g/mol. The van der Waals surface area contributed by atoms with E-state index in [1.807, 2.05) is 6.07 Å². The molecule has 3 heteroatoms. The molecular formula is C18H19N3. The zero-order valence-electron chi connectivity index (χ0n) is 12.2. The number of rotatable bonds is 5. The Morgan fingerprint density at radius 2 is 2.00 bits per heavy atom. The molecule has 0 amide bonds. The van der Waals surface area contributed by atoms with Crippen molar-refractivity contribution in [1.29, 1.82) is 0 Å². The topological polar surface area (TPSA) is 31.9 Å². The van der Waals surface area contributed by atoms with Crippen molar-refractivity contribution in [3.63, 3.8) is 0 Å². The number of nitrogens with one attached hydrogen (secondary N) is 1. The van der Waals surface area contributed by atoms with E-state index < -0.39 is 0 Å². The molecule has 0 spiro atoms. The molecule has 0 radical (unpaired) electrons. The molecule has 3 aromatic rings. The van der Waals surface area contributed by atoms with Crippen LogP contribution in [0.2, 0.25) is 0 Å². The van der Waals surface area contributed by atoms with Crippen LogP contribution in [0.15, 0.2) is 60.9 Å². The fourth-order valence-corrected chi connectivity index (χ4v) is 2.39. The highest BCUT2D eigenvalue weighted by Gasteiger charge is 1.98. The highest BCUT2D eigenvalue weighted by atomic mass is 15.1. The Hall–Kier alpha value is -2.39. The Morgan fingerprint density at radius 3 is 2.86 bits per heavy atom. The molecule has 3 nitrogen and oxygen atoms in total. The van der Waals surface area contributed by atoms with Gasteiger partial charge in [0, 0.05) is 13.1 Å². The fourth-order valence-electron chi connectivity index (χ4n) is 2.39. The zero-order chi connectivity index (χ0) is 14.5. The SMILES string of the molecule is CN(C/C=C/c1ccc2nc[nH]c2c1)Cc1ccccc1. The van der Waals surface area contributed by atoms with E-state index in [9.17, 15) is 0 Å². The normalized spacial score (nSPS) is 11.7. The Bertz CT molecular complexity index is 728. The van der Waals surface area contributed by atoms with Gasteiger partial charge < -0.3 is 4.98 Å². The number of aromatic nitrogens is 2. The van der Waals surface area contributed by atoms with E-state index >= 15 is 0 Å². The molecule has 0 saturated heterocycles. The molecule has 106 valence electrons. The summed E-state index contributed by atoms with van der Waals surface area (Å²) in [7, 11) is 2.13. The molecule has 0 unspecified atom stereocenters. The lowest BCUT2D eigenvalue weighted by Crippen LogP contribution is -2.17. The van der Waals surface area contributed by atoms with Crippen molar-refractivity contribution in [3.05, 3.63) is 72.1 Å². The molecule has 0 fully saturated rings. The summed E-state index contributed by atoms with van der Waals surface area (Å²) in [5, 5.41) is 0. The minimum absolute atomic E-state index is 0.926. The van der Waals surface area contributed by atoms with Gasteiger partial charge in [0.15, 0.2) is 0 Å². The van der Waals surface area contributed by atoms with Gasteiger partial charge in [0.2, 0.25) is 0 Å². The molecule has 1 N–H and O–H groups in total. The van der Waals surface area contributed by atoms with Crippen LogP contribution < -0.4 is 0 Å². The molecule has 0 bridgehead atoms. The van der Waals surface area contributed by atoms with Crippen molar-refractivity contribution in [1.82, 2.24) is 14.9 Å². The summed E-state index contributed by atoms with van der Waals surface area (Å²) in [4.78, 5) is 9.66. The predicted molar refractivity (Wildman–Crippen MR) is 87.9 cm³/mol. The summed E-state index contributed by atoms with van der Waals surface area (Å²) in [5.41, 5.74) is 4.62. The lowest BCUT2D eigenvalue weighted by molar-refractivity contribution is 0.364. The second kappa shape index (κ2) is 6.37. The second-order valence-electron chi connectivity index (χ2n) is 5.26. The fraction of sp³-hybridized carbons (Fsp3) is 0.167. The minimum Gasteiger partial charge on any atom is -0.345 e. The first-order valence-corrected chi connectivity index (χ1v) is 7.13. The van der Waals surface area contributed by atoms with E-state index in [4.69, 9.17) is 0 Å². The van der Waals surface area contributed by atoms with Crippen LogP contribution in [0.1, 0.15) is 11.1 Å². The summed E-state index contributed by atoms with van der Waals surface area (Å²) in [5.74, 6) is 0. The lowest BCUT2D eigenvalue weighted by atomic mass is 10.2. The van der Waals surface area contributed by atoms with E-state index in [1.54, 1.807) is 6.33 Å². The number of fused-ring (bicyclic) bond motifs is 1. The van der Waals surface area contributed by atoms with Gasteiger partial charge in [-0.1, -0.05) is 48.6 Å². The standard InChI is InChI=1S/C18H19N3/c1-21(13-16-6-3-2-4-7-16)11-5-8-15-9-10-17-18(12-15)20-14-19-17/h2-10,12,14H,11,13H2,1H3,(H,19,20)/b8-5+. The Morgan fingerprint density at radius 1 is 1.14 bits per heavy atom. The Labute approximate surface area is 124 Å². The summed E-state index contributed by atoms with van der Waals surface area (Å²) >= 11 is 0. The summed E-state index contributed by atoms with van der Waals surface area (Å²) < 4.78 is 0. The van der Waals surface area contributed by atoms with E-state index in [0.29, 0.717) is 0 Å². The maximum atomic E-state index is 4.23. The average Bonchev–Trinajstić information content (AvgIpc) is 2.96. The lowest BCUT2D eigenvalue weighted by Gasteiger charge is -2.14. The van der Waals surface area contributed by atoms with Gasteiger partial charge in [-0.15, -0.1) is 0 Å². The number of imidazole rings is 1. The quantitative estimate of drug-likeness (QED) is 0.771. The molecule has 0 aliphatic heterocycles. The first-order chi connectivity index (χ1) is 10.3. The van der Waals surface area contributed by atoms with Crippen molar-refractivity contribution in [2.75, 3.05) is 13.6 Å². The first kappa shape index (κ1) is 13.6. The van der Waals surface area contributed by atoms with Crippen LogP contribution in [0.25, 0.3) is 17.1 Å². The van der Waals surface area contributed by atoms with E-state index in [0.717, 1.165) is 24.1 Å². The van der Waals surface area contributed by atoms with Crippen LogP contribution in [-0.2, 0) is 6.54 Å². The van der Waals surface area contributed by atoms with Crippen molar-refractivity contribution in [2.45, 2.75) is 6.54 Å². The smallest absolute Gasteiger partial charge is 0.0931 e. The van der Waals surface area contributed by atoms with Crippen LogP contribution in [-0.4, -0.2) is 28.5 Å². The van der Waals surface area contributed by atoms with E-state index in [-0.39, 0.29) is 0 Å². The van der Waals surface area contributed by atoms with E-state index in [1.165, 1.54) is 11.1 Å².